The van der Waals surface area contributed by atoms with E-state index in [4.69, 9.17) is 5.10 Å². The predicted octanol–water partition coefficient (Wildman–Crippen LogP) is 6.81. The Morgan fingerprint density at radius 2 is 1.61 bits per heavy atom. The molecule has 0 atom stereocenters. The first-order valence-corrected chi connectivity index (χ1v) is 14.0. The van der Waals surface area contributed by atoms with Gasteiger partial charge in [0.1, 0.15) is 0 Å². The van der Waals surface area contributed by atoms with Crippen LogP contribution in [0.25, 0.3) is 11.4 Å². The molecule has 0 saturated heterocycles. The maximum Gasteiger partial charge on any atom is 0.212 e. The fraction of sp³-hybridized carbons (Fsp3) is 0.310. The van der Waals surface area contributed by atoms with E-state index >= 15 is 0 Å². The van der Waals surface area contributed by atoms with Gasteiger partial charge in [0, 0.05) is 39.1 Å². The van der Waals surface area contributed by atoms with Crippen LogP contribution in [-0.4, -0.2) is 42.9 Å². The van der Waals surface area contributed by atoms with Gasteiger partial charge in [-0.2, -0.15) is 9.78 Å². The quantitative estimate of drug-likeness (QED) is 0.178. The van der Waals surface area contributed by atoms with Gasteiger partial charge in [0.15, 0.2) is 17.4 Å². The third-order valence-electron chi connectivity index (χ3n) is 5.94. The zero-order valence-corrected chi connectivity index (χ0v) is 24.7. The second-order valence-corrected chi connectivity index (χ2v) is 12.9. The molecule has 0 unspecified atom stereocenters. The highest BCUT2D eigenvalue weighted by molar-refractivity contribution is 9.10. The van der Waals surface area contributed by atoms with Crippen LogP contribution in [0.15, 0.2) is 86.8 Å². The van der Waals surface area contributed by atoms with Gasteiger partial charge < -0.3 is 0 Å². The molecule has 3 aromatic rings. The molecule has 0 amide bonds. The van der Waals surface area contributed by atoms with Crippen molar-refractivity contribution in [3.63, 3.8) is 0 Å². The van der Waals surface area contributed by atoms with Crippen molar-refractivity contribution < 1.29 is 9.59 Å². The van der Waals surface area contributed by atoms with Gasteiger partial charge in [0.2, 0.25) is 5.16 Å². The van der Waals surface area contributed by atoms with E-state index in [9.17, 15) is 9.59 Å². The molecule has 0 saturated carbocycles. The summed E-state index contributed by atoms with van der Waals surface area (Å²) in [5.41, 5.74) is 2.63. The van der Waals surface area contributed by atoms with E-state index in [2.05, 4.69) is 31.1 Å². The number of carbonyl (C=O) groups excluding carboxylic acids is 2. The SMILES string of the molecule is CC(C)(C)C1=CC(=Nn2c(SCC(=O)c3ccc(Br)cc3)nnc2-c2cccnc2)C=C(C(C)(C)C)C1=O. The molecule has 0 N–H and O–H groups in total. The van der Waals surface area contributed by atoms with Gasteiger partial charge in [-0.05, 0) is 47.2 Å². The topological polar surface area (TPSA) is 90.1 Å². The maximum atomic E-state index is 13.4. The van der Waals surface area contributed by atoms with Gasteiger partial charge in [0.25, 0.3) is 0 Å². The van der Waals surface area contributed by atoms with Crippen molar-refractivity contribution in [1.82, 2.24) is 19.9 Å². The van der Waals surface area contributed by atoms with Crippen molar-refractivity contribution in [3.05, 3.63) is 82.1 Å². The zero-order chi connectivity index (χ0) is 27.7. The summed E-state index contributed by atoms with van der Waals surface area (Å²) in [5.74, 6) is 0.676. The lowest BCUT2D eigenvalue weighted by molar-refractivity contribution is -0.114. The van der Waals surface area contributed by atoms with Crippen molar-refractivity contribution in [3.8, 4) is 11.4 Å². The number of benzene rings is 1. The van der Waals surface area contributed by atoms with Crippen LogP contribution in [0.4, 0.5) is 0 Å². The Morgan fingerprint density at radius 1 is 0.974 bits per heavy atom. The molecule has 0 fully saturated rings. The Bertz CT molecular complexity index is 1420. The average molecular weight is 593 g/mol. The summed E-state index contributed by atoms with van der Waals surface area (Å²) < 4.78 is 2.55. The number of aromatic nitrogens is 4. The van der Waals surface area contributed by atoms with Gasteiger partial charge in [-0.15, -0.1) is 10.2 Å². The molecule has 38 heavy (non-hydrogen) atoms. The number of Topliss-reactive ketones (excluding diaryl/α,β-unsaturated/α-hetero) is 2. The van der Waals surface area contributed by atoms with Crippen LogP contribution in [0.5, 0.6) is 0 Å². The number of nitrogens with zero attached hydrogens (tertiary/aromatic N) is 5. The molecule has 2 aromatic heterocycles. The summed E-state index contributed by atoms with van der Waals surface area (Å²) >= 11 is 4.66. The van der Waals surface area contributed by atoms with Crippen molar-refractivity contribution in [1.29, 1.82) is 0 Å². The molecule has 0 aliphatic heterocycles. The van der Waals surface area contributed by atoms with Crippen LogP contribution in [0, 0.1) is 10.8 Å². The molecule has 0 radical (unpaired) electrons. The van der Waals surface area contributed by atoms with E-state index in [1.807, 2.05) is 78.0 Å². The number of ketones is 2. The number of allylic oxidation sites excluding steroid dienone is 4. The van der Waals surface area contributed by atoms with E-state index in [-0.39, 0.29) is 28.1 Å². The fourth-order valence-corrected chi connectivity index (χ4v) is 4.91. The minimum atomic E-state index is -0.364. The smallest absolute Gasteiger partial charge is 0.212 e. The lowest BCUT2D eigenvalue weighted by Crippen LogP contribution is -2.29. The molecule has 0 bridgehead atoms. The lowest BCUT2D eigenvalue weighted by atomic mass is 9.72. The molecular weight excluding hydrogens is 562 g/mol. The molecule has 0 spiro atoms. The molecule has 196 valence electrons. The highest BCUT2D eigenvalue weighted by atomic mass is 79.9. The Hall–Kier alpha value is -3.17. The van der Waals surface area contributed by atoms with Gasteiger partial charge in [-0.25, -0.2) is 0 Å². The lowest BCUT2D eigenvalue weighted by Gasteiger charge is -2.30. The summed E-state index contributed by atoms with van der Waals surface area (Å²) in [6.45, 7) is 12.1. The number of halogens is 1. The second kappa shape index (κ2) is 10.9. The van der Waals surface area contributed by atoms with Crippen molar-refractivity contribution in [2.45, 2.75) is 46.7 Å². The Kier molecular flexibility index (Phi) is 7.99. The van der Waals surface area contributed by atoms with E-state index in [1.54, 1.807) is 29.2 Å². The van der Waals surface area contributed by atoms with E-state index in [0.717, 1.165) is 10.0 Å². The summed E-state index contributed by atoms with van der Waals surface area (Å²) in [6, 6.07) is 11.0. The molecule has 7 nitrogen and oxygen atoms in total. The van der Waals surface area contributed by atoms with Crippen LogP contribution in [0.3, 0.4) is 0 Å². The molecule has 9 heteroatoms. The van der Waals surface area contributed by atoms with E-state index in [1.165, 1.54) is 11.8 Å². The number of pyridine rings is 1. The number of hydrogen-bond donors (Lipinski definition) is 0. The molecule has 2 heterocycles. The first-order valence-electron chi connectivity index (χ1n) is 12.2. The van der Waals surface area contributed by atoms with Gasteiger partial charge in [-0.1, -0.05) is 81.4 Å². The third kappa shape index (κ3) is 6.27. The Labute approximate surface area is 235 Å². The average Bonchev–Trinajstić information content (AvgIpc) is 3.25. The maximum absolute atomic E-state index is 13.4. The van der Waals surface area contributed by atoms with Crippen LogP contribution in [-0.2, 0) is 4.79 Å². The Balaban J connectivity index is 1.79. The normalized spacial score (nSPS) is 14.3. The molecular formula is C29H30BrN5O2S. The van der Waals surface area contributed by atoms with E-state index in [0.29, 0.717) is 33.4 Å². The summed E-state index contributed by atoms with van der Waals surface area (Å²) in [6.07, 6.45) is 7.06. The standard InChI is InChI=1S/C29H30BrN5O2S/c1-28(2,3)22-14-21(15-23(25(22)37)29(4,5)6)34-35-26(19-8-7-13-31-16-19)32-33-27(35)38-17-24(36)18-9-11-20(30)12-10-18/h7-16H,17H2,1-6H3. The van der Waals surface area contributed by atoms with Gasteiger partial charge >= 0.3 is 0 Å². The second-order valence-electron chi connectivity index (χ2n) is 11.0. The summed E-state index contributed by atoms with van der Waals surface area (Å²) in [4.78, 5) is 30.4. The van der Waals surface area contributed by atoms with Crippen LogP contribution < -0.4 is 0 Å². The number of hydrogen-bond acceptors (Lipinski definition) is 7. The highest BCUT2D eigenvalue weighted by Gasteiger charge is 2.34. The molecule has 1 aliphatic carbocycles. The van der Waals surface area contributed by atoms with E-state index < -0.39 is 0 Å². The molecule has 1 aliphatic rings. The number of thioether (sulfide) groups is 1. The van der Waals surface area contributed by atoms with Crippen molar-refractivity contribution in [2.75, 3.05) is 5.75 Å². The molecule has 1 aromatic carbocycles. The summed E-state index contributed by atoms with van der Waals surface area (Å²) in [5, 5.41) is 14.1. The third-order valence-corrected chi connectivity index (χ3v) is 7.38. The zero-order valence-electron chi connectivity index (χ0n) is 22.3. The Morgan fingerprint density at radius 3 is 2.16 bits per heavy atom. The van der Waals surface area contributed by atoms with Crippen LogP contribution >= 0.6 is 27.7 Å². The van der Waals surface area contributed by atoms with Crippen molar-refractivity contribution >= 4 is 45.0 Å². The number of carbonyl (C=O) groups is 2. The monoisotopic (exact) mass is 591 g/mol. The van der Waals surface area contributed by atoms with Gasteiger partial charge in [-0.3, -0.25) is 14.6 Å². The largest absolute Gasteiger partial charge is 0.293 e. The predicted molar refractivity (Wildman–Crippen MR) is 155 cm³/mol. The van der Waals surface area contributed by atoms with Crippen molar-refractivity contribution in [2.24, 2.45) is 15.9 Å². The fourth-order valence-electron chi connectivity index (χ4n) is 3.87. The highest BCUT2D eigenvalue weighted by Crippen LogP contribution is 2.37. The first kappa shape index (κ1) is 27.9. The summed E-state index contributed by atoms with van der Waals surface area (Å²) in [7, 11) is 0. The first-order chi connectivity index (χ1) is 17.8. The van der Waals surface area contributed by atoms with Crippen LogP contribution in [0.2, 0.25) is 0 Å². The van der Waals surface area contributed by atoms with Crippen LogP contribution in [0.1, 0.15) is 51.9 Å². The molecule has 4 rings (SSSR count). The minimum Gasteiger partial charge on any atom is -0.293 e. The van der Waals surface area contributed by atoms with Gasteiger partial charge in [0.05, 0.1) is 11.5 Å². The minimum absolute atomic E-state index is 0.0271. The number of rotatable bonds is 6.